The van der Waals surface area contributed by atoms with Crippen molar-refractivity contribution in [3.8, 4) is 0 Å². The highest BCUT2D eigenvalue weighted by Gasteiger charge is 2.28. The quantitative estimate of drug-likeness (QED) is 0.403. The first-order valence-electron chi connectivity index (χ1n) is 8.88. The summed E-state index contributed by atoms with van der Waals surface area (Å²) in [6.07, 6.45) is 1.25. The molecule has 0 radical (unpaired) electrons. The Bertz CT molecular complexity index is 807. The number of thioether (sulfide) groups is 1. The van der Waals surface area contributed by atoms with Crippen LogP contribution in [0.25, 0.3) is 0 Å². The second-order valence-corrected chi connectivity index (χ2v) is 9.03. The Hall–Kier alpha value is -1.68. The Morgan fingerprint density at radius 2 is 2.00 bits per heavy atom. The van der Waals surface area contributed by atoms with Gasteiger partial charge in [0.25, 0.3) is 5.91 Å². The minimum atomic E-state index is -0.136. The molecule has 0 spiro atoms. The first-order chi connectivity index (χ1) is 13.6. The predicted octanol–water partition coefficient (Wildman–Crippen LogP) is 3.42. The summed E-state index contributed by atoms with van der Waals surface area (Å²) in [5.41, 5.74) is 0.611. The Kier molecular flexibility index (Phi) is 7.66. The molecule has 0 unspecified atom stereocenters. The van der Waals surface area contributed by atoms with Gasteiger partial charge < -0.3 is 15.0 Å². The van der Waals surface area contributed by atoms with Crippen LogP contribution in [0.15, 0.2) is 28.6 Å². The normalized spacial score (nSPS) is 14.9. The molecule has 0 aliphatic carbocycles. The van der Waals surface area contributed by atoms with Crippen molar-refractivity contribution in [1.82, 2.24) is 15.1 Å². The van der Waals surface area contributed by atoms with Crippen molar-refractivity contribution >= 4 is 51.6 Å². The molecule has 28 heavy (non-hydrogen) atoms. The molecule has 3 rings (SSSR count). The van der Waals surface area contributed by atoms with Gasteiger partial charge in [0.2, 0.25) is 11.0 Å². The zero-order valence-electron chi connectivity index (χ0n) is 15.4. The number of methoxy groups -OCH3 is 1. The molecule has 1 fully saturated rings. The van der Waals surface area contributed by atoms with Crippen LogP contribution in [0.1, 0.15) is 23.2 Å². The Labute approximate surface area is 176 Å². The van der Waals surface area contributed by atoms with Crippen molar-refractivity contribution in [2.75, 3.05) is 37.9 Å². The summed E-state index contributed by atoms with van der Waals surface area (Å²) in [4.78, 5) is 26.8. The standard InChI is InChI=1S/C18H21ClN4O3S2/c1-26-10-11-27-18-22-21-17(28-18)20-15(24)12-6-8-23(9-7-12)16(25)13-2-4-14(19)5-3-13/h2-5,12H,6-11H2,1H3,(H,20,21,24). The van der Waals surface area contributed by atoms with Crippen molar-refractivity contribution in [2.45, 2.75) is 17.2 Å². The van der Waals surface area contributed by atoms with Crippen molar-refractivity contribution in [3.63, 3.8) is 0 Å². The number of nitrogens with zero attached hydrogens (tertiary/aromatic N) is 3. The summed E-state index contributed by atoms with van der Waals surface area (Å²) in [6.45, 7) is 1.74. The number of rotatable bonds is 7. The van der Waals surface area contributed by atoms with Crippen LogP contribution in [0.4, 0.5) is 5.13 Å². The third-order valence-corrected chi connectivity index (χ3v) is 6.58. The number of aromatic nitrogens is 2. The smallest absolute Gasteiger partial charge is 0.253 e. The van der Waals surface area contributed by atoms with Crippen LogP contribution in [0.3, 0.4) is 0 Å². The second kappa shape index (κ2) is 10.2. The van der Waals surface area contributed by atoms with E-state index in [1.807, 2.05) is 0 Å². The van der Waals surface area contributed by atoms with E-state index in [1.54, 1.807) is 48.0 Å². The molecule has 1 aliphatic rings. The number of benzene rings is 1. The Morgan fingerprint density at radius 3 is 2.68 bits per heavy atom. The highest BCUT2D eigenvalue weighted by Crippen LogP contribution is 2.27. The number of carbonyl (C=O) groups is 2. The van der Waals surface area contributed by atoms with Crippen molar-refractivity contribution < 1.29 is 14.3 Å². The van der Waals surface area contributed by atoms with E-state index in [2.05, 4.69) is 15.5 Å². The number of amides is 2. The number of ether oxygens (including phenoxy) is 1. The van der Waals surface area contributed by atoms with Crippen LogP contribution in [0.5, 0.6) is 0 Å². The predicted molar refractivity (Wildman–Crippen MR) is 111 cm³/mol. The second-order valence-electron chi connectivity index (χ2n) is 6.28. The zero-order chi connectivity index (χ0) is 19.9. The maximum atomic E-state index is 12.5. The topological polar surface area (TPSA) is 84.4 Å². The minimum absolute atomic E-state index is 0.0302. The molecule has 0 bridgehead atoms. The lowest BCUT2D eigenvalue weighted by atomic mass is 9.95. The van der Waals surface area contributed by atoms with E-state index >= 15 is 0 Å². The molecule has 150 valence electrons. The molecule has 1 aromatic carbocycles. The maximum absolute atomic E-state index is 12.5. The summed E-state index contributed by atoms with van der Waals surface area (Å²) in [7, 11) is 1.65. The molecule has 2 amide bonds. The van der Waals surface area contributed by atoms with Crippen molar-refractivity contribution in [1.29, 1.82) is 0 Å². The average molecular weight is 441 g/mol. The highest BCUT2D eigenvalue weighted by molar-refractivity contribution is 8.01. The maximum Gasteiger partial charge on any atom is 0.253 e. The van der Waals surface area contributed by atoms with Crippen LogP contribution in [-0.4, -0.2) is 59.5 Å². The first kappa shape index (κ1) is 21.0. The van der Waals surface area contributed by atoms with E-state index in [1.165, 1.54) is 11.3 Å². The Balaban J connectivity index is 1.47. The number of nitrogens with one attached hydrogen (secondary N) is 1. The molecular formula is C18H21ClN4O3S2. The van der Waals surface area contributed by atoms with Gasteiger partial charge in [-0.25, -0.2) is 0 Å². The van der Waals surface area contributed by atoms with Crippen LogP contribution < -0.4 is 5.32 Å². The monoisotopic (exact) mass is 440 g/mol. The molecule has 1 saturated heterocycles. The lowest BCUT2D eigenvalue weighted by molar-refractivity contribution is -0.121. The molecule has 1 aliphatic heterocycles. The largest absolute Gasteiger partial charge is 0.384 e. The van der Waals surface area contributed by atoms with E-state index in [0.29, 0.717) is 48.3 Å². The number of piperidine rings is 1. The molecule has 2 aromatic rings. The fourth-order valence-corrected chi connectivity index (χ4v) is 4.71. The summed E-state index contributed by atoms with van der Waals surface area (Å²) in [6, 6.07) is 6.86. The van der Waals surface area contributed by atoms with Crippen LogP contribution in [-0.2, 0) is 9.53 Å². The third-order valence-electron chi connectivity index (χ3n) is 4.39. The van der Waals surface area contributed by atoms with Crippen molar-refractivity contribution in [3.05, 3.63) is 34.9 Å². The van der Waals surface area contributed by atoms with Crippen LogP contribution in [0.2, 0.25) is 5.02 Å². The molecule has 10 heteroatoms. The molecule has 2 heterocycles. The van der Waals surface area contributed by atoms with E-state index in [4.69, 9.17) is 16.3 Å². The van der Waals surface area contributed by atoms with Gasteiger partial charge in [0, 0.05) is 42.5 Å². The molecule has 1 aromatic heterocycles. The van der Waals surface area contributed by atoms with Crippen LogP contribution >= 0.6 is 34.7 Å². The summed E-state index contributed by atoms with van der Waals surface area (Å²) in [5.74, 6) is 0.558. The first-order valence-corrected chi connectivity index (χ1v) is 11.1. The lowest BCUT2D eigenvalue weighted by Gasteiger charge is -2.31. The van der Waals surface area contributed by atoms with Gasteiger partial charge >= 0.3 is 0 Å². The summed E-state index contributed by atoms with van der Waals surface area (Å²) in [5, 5.41) is 12.0. The number of hydrogen-bond acceptors (Lipinski definition) is 7. The molecule has 1 N–H and O–H groups in total. The molecule has 0 saturated carbocycles. The molecule has 0 atom stereocenters. The van der Waals surface area contributed by atoms with E-state index in [0.717, 1.165) is 10.1 Å². The number of carbonyl (C=O) groups excluding carboxylic acids is 2. The van der Waals surface area contributed by atoms with Crippen LogP contribution in [0, 0.1) is 5.92 Å². The highest BCUT2D eigenvalue weighted by atomic mass is 35.5. The number of anilines is 1. The average Bonchev–Trinajstić information content (AvgIpc) is 3.15. The van der Waals surface area contributed by atoms with Gasteiger partial charge in [-0.3, -0.25) is 9.59 Å². The van der Waals surface area contributed by atoms with Gasteiger partial charge in [0.1, 0.15) is 0 Å². The van der Waals surface area contributed by atoms with Gasteiger partial charge in [-0.1, -0.05) is 34.7 Å². The summed E-state index contributed by atoms with van der Waals surface area (Å²) >= 11 is 8.78. The van der Waals surface area contributed by atoms with Crippen molar-refractivity contribution in [2.24, 2.45) is 5.92 Å². The number of likely N-dealkylation sites (tertiary alicyclic amines) is 1. The van der Waals surface area contributed by atoms with E-state index in [-0.39, 0.29) is 17.7 Å². The summed E-state index contributed by atoms with van der Waals surface area (Å²) < 4.78 is 5.81. The zero-order valence-corrected chi connectivity index (χ0v) is 17.8. The fourth-order valence-electron chi connectivity index (χ4n) is 2.86. The number of hydrogen-bond donors (Lipinski definition) is 1. The van der Waals surface area contributed by atoms with E-state index in [9.17, 15) is 9.59 Å². The van der Waals surface area contributed by atoms with Gasteiger partial charge in [0.15, 0.2) is 4.34 Å². The fraction of sp³-hybridized carbons (Fsp3) is 0.444. The molecular weight excluding hydrogens is 420 g/mol. The van der Waals surface area contributed by atoms with E-state index < -0.39 is 0 Å². The lowest BCUT2D eigenvalue weighted by Crippen LogP contribution is -2.41. The van der Waals surface area contributed by atoms with Gasteiger partial charge in [-0.05, 0) is 37.1 Å². The molecule has 7 nitrogen and oxygen atoms in total. The SMILES string of the molecule is COCCSc1nnc(NC(=O)C2CCN(C(=O)c3ccc(Cl)cc3)CC2)s1. The number of halogens is 1. The van der Waals surface area contributed by atoms with Gasteiger partial charge in [-0.2, -0.15) is 0 Å². The third kappa shape index (κ3) is 5.66. The van der Waals surface area contributed by atoms with Gasteiger partial charge in [0.05, 0.1) is 6.61 Å². The van der Waals surface area contributed by atoms with Gasteiger partial charge in [-0.15, -0.1) is 10.2 Å². The Morgan fingerprint density at radius 1 is 1.29 bits per heavy atom. The minimum Gasteiger partial charge on any atom is -0.384 e.